The van der Waals surface area contributed by atoms with Crippen molar-refractivity contribution in [1.29, 1.82) is 0 Å². The Balaban J connectivity index is 0. The van der Waals surface area contributed by atoms with Gasteiger partial charge in [-0.05, 0) is 20.0 Å². The first-order chi connectivity index (χ1) is 3.43. The summed E-state index contributed by atoms with van der Waals surface area (Å²) in [5.74, 6) is 0. The smallest absolute Gasteiger partial charge is 0.0201 e. The SMILES string of the molecule is CN[C@H]1CCNC1.Cl.Cl. The highest BCUT2D eigenvalue weighted by molar-refractivity contribution is 5.85. The normalized spacial score (nSPS) is 24.3. The molecule has 0 aliphatic carbocycles. The lowest BCUT2D eigenvalue weighted by Gasteiger charge is -2.02. The summed E-state index contributed by atoms with van der Waals surface area (Å²) in [7, 11) is 2.01. The maximum absolute atomic E-state index is 3.26. The molecule has 0 spiro atoms. The van der Waals surface area contributed by atoms with Gasteiger partial charge in [-0.2, -0.15) is 0 Å². The zero-order valence-electron chi connectivity index (χ0n) is 5.52. The van der Waals surface area contributed by atoms with Crippen molar-refractivity contribution in [2.75, 3.05) is 20.1 Å². The molecule has 4 heteroatoms. The van der Waals surface area contributed by atoms with E-state index in [0.29, 0.717) is 0 Å². The van der Waals surface area contributed by atoms with Crippen molar-refractivity contribution in [1.82, 2.24) is 10.6 Å². The zero-order valence-corrected chi connectivity index (χ0v) is 7.15. The van der Waals surface area contributed by atoms with Crippen LogP contribution in [-0.2, 0) is 0 Å². The van der Waals surface area contributed by atoms with Crippen LogP contribution in [0.15, 0.2) is 0 Å². The zero-order chi connectivity index (χ0) is 5.11. The number of rotatable bonds is 1. The number of likely N-dealkylation sites (N-methyl/N-ethyl adjacent to an activating group) is 1. The number of hydrogen-bond acceptors (Lipinski definition) is 2. The van der Waals surface area contributed by atoms with E-state index >= 15 is 0 Å². The Bertz CT molecular complexity index is 54.9. The number of nitrogens with one attached hydrogen (secondary N) is 2. The Morgan fingerprint density at radius 3 is 2.33 bits per heavy atom. The number of halogens is 2. The van der Waals surface area contributed by atoms with Crippen molar-refractivity contribution in [3.8, 4) is 0 Å². The summed E-state index contributed by atoms with van der Waals surface area (Å²) in [6, 6.07) is 0.736. The molecule has 1 heterocycles. The van der Waals surface area contributed by atoms with E-state index in [4.69, 9.17) is 0 Å². The fourth-order valence-corrected chi connectivity index (χ4v) is 0.901. The number of hydrogen-bond donors (Lipinski definition) is 2. The van der Waals surface area contributed by atoms with Crippen LogP contribution in [0.25, 0.3) is 0 Å². The predicted molar refractivity (Wildman–Crippen MR) is 44.8 cm³/mol. The van der Waals surface area contributed by atoms with Gasteiger partial charge < -0.3 is 10.6 Å². The molecule has 0 unspecified atom stereocenters. The molecule has 0 aromatic carbocycles. The van der Waals surface area contributed by atoms with Gasteiger partial charge in [0.25, 0.3) is 0 Å². The third-order valence-corrected chi connectivity index (χ3v) is 1.47. The van der Waals surface area contributed by atoms with Crippen molar-refractivity contribution in [2.45, 2.75) is 12.5 Å². The van der Waals surface area contributed by atoms with E-state index in [2.05, 4.69) is 10.6 Å². The van der Waals surface area contributed by atoms with Gasteiger partial charge in [0.1, 0.15) is 0 Å². The fraction of sp³-hybridized carbons (Fsp3) is 1.00. The third kappa shape index (κ3) is 3.98. The molecule has 0 amide bonds. The minimum Gasteiger partial charge on any atom is -0.316 e. The monoisotopic (exact) mass is 172 g/mol. The van der Waals surface area contributed by atoms with E-state index in [9.17, 15) is 0 Å². The summed E-state index contributed by atoms with van der Waals surface area (Å²) in [6.07, 6.45) is 1.29. The predicted octanol–water partition coefficient (Wildman–Crippen LogP) is 0.411. The topological polar surface area (TPSA) is 24.1 Å². The van der Waals surface area contributed by atoms with Crippen LogP contribution in [0, 0.1) is 0 Å². The van der Waals surface area contributed by atoms with Crippen molar-refractivity contribution in [3.05, 3.63) is 0 Å². The van der Waals surface area contributed by atoms with Crippen LogP contribution in [0.2, 0.25) is 0 Å². The largest absolute Gasteiger partial charge is 0.316 e. The van der Waals surface area contributed by atoms with E-state index in [1.54, 1.807) is 0 Å². The average molecular weight is 173 g/mol. The van der Waals surface area contributed by atoms with Crippen molar-refractivity contribution in [3.63, 3.8) is 0 Å². The van der Waals surface area contributed by atoms with Gasteiger partial charge in [-0.15, -0.1) is 24.8 Å². The molecule has 0 aromatic heterocycles. The van der Waals surface area contributed by atoms with Crippen LogP contribution >= 0.6 is 24.8 Å². The first kappa shape index (κ1) is 12.2. The Morgan fingerprint density at radius 2 is 2.11 bits per heavy atom. The van der Waals surface area contributed by atoms with Gasteiger partial charge in [0.15, 0.2) is 0 Å². The van der Waals surface area contributed by atoms with Gasteiger partial charge in [-0.1, -0.05) is 0 Å². The molecule has 1 saturated heterocycles. The highest BCUT2D eigenvalue weighted by Gasteiger charge is 2.09. The molecule has 1 aliphatic heterocycles. The van der Waals surface area contributed by atoms with Crippen molar-refractivity contribution in [2.24, 2.45) is 0 Å². The van der Waals surface area contributed by atoms with Crippen molar-refractivity contribution < 1.29 is 0 Å². The van der Waals surface area contributed by atoms with E-state index in [0.717, 1.165) is 12.6 Å². The van der Waals surface area contributed by atoms with Gasteiger partial charge in [0.05, 0.1) is 0 Å². The lowest BCUT2D eigenvalue weighted by molar-refractivity contribution is 0.611. The molecule has 1 atom stereocenters. The van der Waals surface area contributed by atoms with Crippen LogP contribution in [0.4, 0.5) is 0 Å². The molecule has 2 nitrogen and oxygen atoms in total. The molecule has 0 bridgehead atoms. The van der Waals surface area contributed by atoms with Crippen LogP contribution < -0.4 is 10.6 Å². The quantitative estimate of drug-likeness (QED) is 0.600. The van der Waals surface area contributed by atoms with Crippen LogP contribution in [-0.4, -0.2) is 26.2 Å². The van der Waals surface area contributed by atoms with Gasteiger partial charge in [0.2, 0.25) is 0 Å². The van der Waals surface area contributed by atoms with Gasteiger partial charge in [-0.25, -0.2) is 0 Å². The third-order valence-electron chi connectivity index (χ3n) is 1.47. The molecule has 1 fully saturated rings. The van der Waals surface area contributed by atoms with Crippen LogP contribution in [0.5, 0.6) is 0 Å². The van der Waals surface area contributed by atoms with E-state index < -0.39 is 0 Å². The molecular weight excluding hydrogens is 159 g/mol. The molecule has 1 aliphatic rings. The van der Waals surface area contributed by atoms with E-state index in [1.807, 2.05) is 7.05 Å². The Kier molecular flexibility index (Phi) is 8.97. The maximum atomic E-state index is 3.26. The molecule has 58 valence electrons. The Morgan fingerprint density at radius 1 is 1.44 bits per heavy atom. The van der Waals surface area contributed by atoms with E-state index in [-0.39, 0.29) is 24.8 Å². The summed E-state index contributed by atoms with van der Waals surface area (Å²) >= 11 is 0. The lowest BCUT2D eigenvalue weighted by atomic mass is 10.3. The molecule has 0 radical (unpaired) electrons. The fourth-order valence-electron chi connectivity index (χ4n) is 0.901. The lowest BCUT2D eigenvalue weighted by Crippen LogP contribution is -2.26. The van der Waals surface area contributed by atoms with Gasteiger partial charge >= 0.3 is 0 Å². The second kappa shape index (κ2) is 6.62. The summed E-state index contributed by atoms with van der Waals surface area (Å²) in [5, 5.41) is 6.46. The first-order valence-electron chi connectivity index (χ1n) is 2.81. The highest BCUT2D eigenvalue weighted by atomic mass is 35.5. The van der Waals surface area contributed by atoms with Gasteiger partial charge in [-0.3, -0.25) is 0 Å². The highest BCUT2D eigenvalue weighted by Crippen LogP contribution is 1.93. The average Bonchev–Trinajstić information content (AvgIpc) is 2.14. The van der Waals surface area contributed by atoms with Crippen LogP contribution in [0.3, 0.4) is 0 Å². The summed E-state index contributed by atoms with van der Waals surface area (Å²) in [4.78, 5) is 0. The molecule has 2 N–H and O–H groups in total. The second-order valence-corrected chi connectivity index (χ2v) is 1.98. The Hall–Kier alpha value is 0.500. The molecule has 1 rings (SSSR count). The summed E-state index contributed by atoms with van der Waals surface area (Å²) < 4.78 is 0. The minimum atomic E-state index is 0. The maximum Gasteiger partial charge on any atom is 0.0201 e. The molecule has 0 aromatic rings. The Labute approximate surface area is 68.6 Å². The molecule has 9 heavy (non-hydrogen) atoms. The standard InChI is InChI=1S/C5H12N2.2ClH/c1-6-5-2-3-7-4-5;;/h5-7H,2-4H2,1H3;2*1H/t5-;;/m0../s1. The summed E-state index contributed by atoms with van der Waals surface area (Å²) in [6.45, 7) is 2.34. The van der Waals surface area contributed by atoms with E-state index in [1.165, 1.54) is 13.0 Å². The van der Waals surface area contributed by atoms with Gasteiger partial charge in [0, 0.05) is 12.6 Å². The minimum absolute atomic E-state index is 0. The summed E-state index contributed by atoms with van der Waals surface area (Å²) in [5.41, 5.74) is 0. The molecular formula is C5H14Cl2N2. The van der Waals surface area contributed by atoms with Crippen LogP contribution in [0.1, 0.15) is 6.42 Å². The second-order valence-electron chi connectivity index (χ2n) is 1.98. The van der Waals surface area contributed by atoms with Crippen molar-refractivity contribution >= 4 is 24.8 Å². The molecule has 0 saturated carbocycles. The first-order valence-corrected chi connectivity index (χ1v) is 2.81.